The third-order valence-corrected chi connectivity index (χ3v) is 8.76. The highest BCUT2D eigenvalue weighted by atomic mass is 32.2. The predicted molar refractivity (Wildman–Crippen MR) is 151 cm³/mol. The number of carbonyl (C=O) groups excluding carboxylic acids is 3. The van der Waals surface area contributed by atoms with E-state index in [2.05, 4.69) is 15.8 Å². The molecule has 3 aromatic rings. The number of hydrogen-bond acceptors (Lipinski definition) is 8. The maximum absolute atomic E-state index is 12.7. The molecule has 1 aliphatic heterocycles. The summed E-state index contributed by atoms with van der Waals surface area (Å²) in [5.41, 5.74) is 6.78. The fourth-order valence-electron chi connectivity index (χ4n) is 3.40. The molecule has 186 valence electrons. The lowest BCUT2D eigenvalue weighted by atomic mass is 10.2. The topological polar surface area (TPSA) is 91.4 Å². The largest absolute Gasteiger partial charge is 0.293 e. The van der Waals surface area contributed by atoms with Crippen LogP contribution in [0.1, 0.15) is 31.2 Å². The molecule has 4 rings (SSSR count). The molecule has 2 N–H and O–H groups in total. The molecule has 2 heterocycles. The molecule has 7 nitrogen and oxygen atoms in total. The van der Waals surface area contributed by atoms with Crippen LogP contribution in [0.25, 0.3) is 16.3 Å². The van der Waals surface area contributed by atoms with Crippen LogP contribution in [-0.4, -0.2) is 44.2 Å². The van der Waals surface area contributed by atoms with Gasteiger partial charge in [-0.15, -0.1) is 11.3 Å². The maximum Gasteiger partial charge on any atom is 0.266 e. The molecule has 1 aromatic heterocycles. The average Bonchev–Trinajstić information content (AvgIpc) is 3.42. The summed E-state index contributed by atoms with van der Waals surface area (Å²) in [6, 6.07) is 17.5. The van der Waals surface area contributed by atoms with E-state index < -0.39 is 0 Å². The van der Waals surface area contributed by atoms with E-state index in [-0.39, 0.29) is 29.9 Å². The third kappa shape index (κ3) is 7.39. The fraction of sp³-hybridized carbons (Fsp3) is 0.240. The van der Waals surface area contributed by atoms with Gasteiger partial charge in [-0.2, -0.15) is 0 Å². The summed E-state index contributed by atoms with van der Waals surface area (Å²) in [5.74, 6) is -0.434. The van der Waals surface area contributed by atoms with Gasteiger partial charge in [-0.05, 0) is 36.6 Å². The molecule has 0 spiro atoms. The van der Waals surface area contributed by atoms with Crippen molar-refractivity contribution in [1.82, 2.24) is 20.7 Å². The lowest BCUT2D eigenvalue weighted by Gasteiger charge is -2.14. The predicted octanol–water partition coefficient (Wildman–Crippen LogP) is 5.00. The van der Waals surface area contributed by atoms with Gasteiger partial charge in [0.25, 0.3) is 5.91 Å². The number of carbonyl (C=O) groups is 3. The Morgan fingerprint density at radius 3 is 2.56 bits per heavy atom. The highest BCUT2D eigenvalue weighted by molar-refractivity contribution is 8.26. The Morgan fingerprint density at radius 1 is 1.00 bits per heavy atom. The molecular weight excluding hydrogens is 533 g/mol. The van der Waals surface area contributed by atoms with Crippen LogP contribution < -0.4 is 10.9 Å². The summed E-state index contributed by atoms with van der Waals surface area (Å²) in [7, 11) is 0. The molecule has 3 amide bonds. The number of thioether (sulfide) groups is 2. The number of fused-ring (bicyclic) bond motifs is 1. The van der Waals surface area contributed by atoms with Crippen LogP contribution in [0.5, 0.6) is 0 Å². The Balaban J connectivity index is 1.09. The number of nitrogens with one attached hydrogen (secondary N) is 2. The zero-order chi connectivity index (χ0) is 25.3. The Kier molecular flexibility index (Phi) is 9.51. The van der Waals surface area contributed by atoms with Crippen molar-refractivity contribution in [2.75, 3.05) is 12.3 Å². The molecule has 1 saturated heterocycles. The number of rotatable bonds is 10. The van der Waals surface area contributed by atoms with Gasteiger partial charge in [0.05, 0.1) is 20.9 Å². The molecule has 36 heavy (non-hydrogen) atoms. The summed E-state index contributed by atoms with van der Waals surface area (Å²) >= 11 is 9.57. The van der Waals surface area contributed by atoms with Crippen molar-refractivity contribution in [1.29, 1.82) is 0 Å². The standard InChI is InChI=1S/C25H24N4O3S4/c30-21(27-28-22(31)16-34-24-26-18-11-6-7-12-19(18)35-24)13-5-2-8-14-29-23(32)20(36-25(29)33)15-17-9-3-1-4-10-17/h1,3-4,6-7,9-12,15H,2,5,8,13-14,16H2,(H,27,30)(H,28,31). The van der Waals surface area contributed by atoms with Crippen LogP contribution in [0.2, 0.25) is 0 Å². The second-order valence-corrected chi connectivity index (χ2v) is 11.8. The highest BCUT2D eigenvalue weighted by Crippen LogP contribution is 2.33. The summed E-state index contributed by atoms with van der Waals surface area (Å²) in [6.07, 6.45) is 4.30. The van der Waals surface area contributed by atoms with Gasteiger partial charge in [-0.3, -0.25) is 30.1 Å². The molecule has 2 aromatic carbocycles. The van der Waals surface area contributed by atoms with E-state index in [4.69, 9.17) is 12.2 Å². The zero-order valence-corrected chi connectivity index (χ0v) is 22.5. The number of hydrogen-bond donors (Lipinski definition) is 2. The highest BCUT2D eigenvalue weighted by Gasteiger charge is 2.31. The van der Waals surface area contributed by atoms with Crippen LogP contribution in [0.3, 0.4) is 0 Å². The monoisotopic (exact) mass is 556 g/mol. The van der Waals surface area contributed by atoms with E-state index in [0.29, 0.717) is 22.2 Å². The molecule has 0 saturated carbocycles. The van der Waals surface area contributed by atoms with E-state index in [0.717, 1.165) is 33.0 Å². The first kappa shape index (κ1) is 26.3. The molecule has 0 atom stereocenters. The van der Waals surface area contributed by atoms with Crippen molar-refractivity contribution in [3.63, 3.8) is 0 Å². The van der Waals surface area contributed by atoms with Crippen molar-refractivity contribution in [3.05, 3.63) is 65.1 Å². The fourth-order valence-corrected chi connectivity index (χ4v) is 6.58. The van der Waals surface area contributed by atoms with E-state index >= 15 is 0 Å². The number of benzene rings is 2. The zero-order valence-electron chi connectivity index (χ0n) is 19.3. The number of nitrogens with zero attached hydrogens (tertiary/aromatic N) is 2. The Labute approximate surface area is 227 Å². The minimum absolute atomic E-state index is 0.0713. The van der Waals surface area contributed by atoms with Gasteiger partial charge in [0.1, 0.15) is 4.32 Å². The average molecular weight is 557 g/mol. The van der Waals surface area contributed by atoms with Gasteiger partial charge in [-0.1, -0.05) is 84.6 Å². The number of aromatic nitrogens is 1. The van der Waals surface area contributed by atoms with Gasteiger partial charge in [-0.25, -0.2) is 4.98 Å². The molecule has 0 bridgehead atoms. The Hall–Kier alpha value is -2.73. The normalized spacial score (nSPS) is 14.6. The summed E-state index contributed by atoms with van der Waals surface area (Å²) in [4.78, 5) is 43.5. The number of amides is 3. The van der Waals surface area contributed by atoms with Crippen LogP contribution in [0.4, 0.5) is 0 Å². The van der Waals surface area contributed by atoms with Crippen LogP contribution in [-0.2, 0) is 14.4 Å². The number of thiocarbonyl (C=S) groups is 1. The second-order valence-electron chi connectivity index (χ2n) is 7.89. The summed E-state index contributed by atoms with van der Waals surface area (Å²) < 4.78 is 2.45. The van der Waals surface area contributed by atoms with Crippen molar-refractivity contribution >= 4 is 85.4 Å². The first-order valence-corrected chi connectivity index (χ1v) is 14.4. The molecule has 1 fully saturated rings. The van der Waals surface area contributed by atoms with Crippen molar-refractivity contribution in [2.24, 2.45) is 0 Å². The summed E-state index contributed by atoms with van der Waals surface area (Å²) in [5, 5.41) is 0. The lowest BCUT2D eigenvalue weighted by molar-refractivity contribution is -0.127. The quantitative estimate of drug-likeness (QED) is 0.119. The lowest BCUT2D eigenvalue weighted by Crippen LogP contribution is -2.42. The van der Waals surface area contributed by atoms with E-state index in [9.17, 15) is 14.4 Å². The molecule has 0 radical (unpaired) electrons. The van der Waals surface area contributed by atoms with Crippen molar-refractivity contribution in [2.45, 2.75) is 30.0 Å². The first-order valence-electron chi connectivity index (χ1n) is 11.4. The number of hydrazine groups is 1. The van der Waals surface area contributed by atoms with Gasteiger partial charge in [0.15, 0.2) is 4.34 Å². The van der Waals surface area contributed by atoms with E-state index in [1.54, 1.807) is 4.90 Å². The summed E-state index contributed by atoms with van der Waals surface area (Å²) in [6.45, 7) is 0.526. The number of thiazole rings is 1. The maximum atomic E-state index is 12.7. The van der Waals surface area contributed by atoms with Crippen LogP contribution in [0.15, 0.2) is 63.8 Å². The molecule has 0 aliphatic carbocycles. The van der Waals surface area contributed by atoms with Gasteiger partial charge in [0.2, 0.25) is 11.8 Å². The molecule has 11 heteroatoms. The first-order chi connectivity index (χ1) is 17.5. The van der Waals surface area contributed by atoms with Crippen LogP contribution in [0, 0.1) is 0 Å². The van der Waals surface area contributed by atoms with Gasteiger partial charge in [0, 0.05) is 13.0 Å². The van der Waals surface area contributed by atoms with E-state index in [1.807, 2.05) is 60.7 Å². The Bertz CT molecular complexity index is 1260. The van der Waals surface area contributed by atoms with Crippen LogP contribution >= 0.6 is 47.1 Å². The Morgan fingerprint density at radius 2 is 1.75 bits per heavy atom. The molecule has 0 unspecified atom stereocenters. The minimum Gasteiger partial charge on any atom is -0.293 e. The smallest absolute Gasteiger partial charge is 0.266 e. The number of unbranched alkanes of at least 4 members (excludes halogenated alkanes) is 2. The second kappa shape index (κ2) is 13.0. The molecular formula is C25H24N4O3S4. The van der Waals surface area contributed by atoms with Crippen molar-refractivity contribution < 1.29 is 14.4 Å². The molecule has 1 aliphatic rings. The minimum atomic E-state index is -0.287. The number of para-hydroxylation sites is 1. The van der Waals surface area contributed by atoms with Gasteiger partial charge >= 0.3 is 0 Å². The van der Waals surface area contributed by atoms with Crippen molar-refractivity contribution in [3.8, 4) is 0 Å². The van der Waals surface area contributed by atoms with E-state index in [1.165, 1.54) is 34.9 Å². The van der Waals surface area contributed by atoms with Gasteiger partial charge < -0.3 is 0 Å². The third-order valence-electron chi connectivity index (χ3n) is 5.20. The SMILES string of the molecule is O=C(CCCCCN1C(=O)C(=Cc2ccccc2)SC1=S)NNC(=O)CSc1nc2ccccc2s1.